The van der Waals surface area contributed by atoms with Crippen LogP contribution in [0.2, 0.25) is 0 Å². The topological polar surface area (TPSA) is 50.9 Å². The van der Waals surface area contributed by atoms with Crippen LogP contribution in [0.5, 0.6) is 5.75 Å². The van der Waals surface area contributed by atoms with Crippen LogP contribution in [0.4, 0.5) is 0 Å². The fraction of sp³-hybridized carbons (Fsp3) is 0.324. The number of phenolic OH excluding ortho intramolecular Hbond substituents is 1. The van der Waals surface area contributed by atoms with Crippen molar-refractivity contribution in [2.45, 2.75) is 143 Å². The van der Waals surface area contributed by atoms with Crippen molar-refractivity contribution in [3.8, 4) is 67.5 Å². The molecule has 9 aromatic rings. The highest BCUT2D eigenvalue weighted by Gasteiger charge is 2.47. The number of phenols is 1. The normalized spacial score (nSPS) is 14.7. The minimum Gasteiger partial charge on any atom is -0.507 e. The van der Waals surface area contributed by atoms with Gasteiger partial charge >= 0.3 is 0 Å². The summed E-state index contributed by atoms with van der Waals surface area (Å²) in [5.41, 5.74) is 18.6. The smallest absolute Gasteiger partial charge is 0.149 e. The van der Waals surface area contributed by atoms with E-state index in [1.807, 2.05) is 6.20 Å². The van der Waals surface area contributed by atoms with Crippen LogP contribution in [0, 0.1) is 0 Å². The molecule has 4 heteroatoms. The van der Waals surface area contributed by atoms with Gasteiger partial charge in [0.2, 0.25) is 0 Å². The third-order valence-corrected chi connectivity index (χ3v) is 16.3. The summed E-state index contributed by atoms with van der Waals surface area (Å²) >= 11 is 0. The Balaban J connectivity index is 1.32. The Morgan fingerprint density at radius 2 is 1.08 bits per heavy atom. The number of rotatable bonds is 6. The second-order valence-corrected chi connectivity index (χ2v) is 25.8. The van der Waals surface area contributed by atoms with E-state index in [-0.39, 0.29) is 38.2 Å². The van der Waals surface area contributed by atoms with Crippen molar-refractivity contribution in [1.82, 2.24) is 14.5 Å². The summed E-state index contributed by atoms with van der Waals surface area (Å²) in [7, 11) is 0. The number of nitrogens with zero attached hydrogens (tertiary/aromatic N) is 3. The molecule has 2 aromatic heterocycles. The molecular formula is C68H73N3O. The number of aromatic hydroxyl groups is 1. The van der Waals surface area contributed by atoms with Gasteiger partial charge in [0.25, 0.3) is 0 Å². The Kier molecular flexibility index (Phi) is 11.3. The lowest BCUT2D eigenvalue weighted by molar-refractivity contribution is 0.322. The molecule has 72 heavy (non-hydrogen) atoms. The minimum atomic E-state index is -0.344. The van der Waals surface area contributed by atoms with Gasteiger partial charge in [0.1, 0.15) is 11.6 Å². The number of pyridine rings is 1. The van der Waals surface area contributed by atoms with Crippen LogP contribution in [0.25, 0.3) is 83.5 Å². The van der Waals surface area contributed by atoms with E-state index in [0.29, 0.717) is 5.82 Å². The van der Waals surface area contributed by atoms with Crippen LogP contribution in [0.3, 0.4) is 0 Å². The van der Waals surface area contributed by atoms with E-state index in [4.69, 9.17) is 9.97 Å². The predicted octanol–water partition coefficient (Wildman–Crippen LogP) is 18.4. The molecule has 1 N–H and O–H groups in total. The van der Waals surface area contributed by atoms with E-state index in [9.17, 15) is 5.11 Å². The van der Waals surface area contributed by atoms with Gasteiger partial charge in [-0.2, -0.15) is 0 Å². The van der Waals surface area contributed by atoms with Gasteiger partial charge in [-0.15, -0.1) is 0 Å². The van der Waals surface area contributed by atoms with Crippen molar-refractivity contribution >= 4 is 21.8 Å². The molecule has 2 heterocycles. The van der Waals surface area contributed by atoms with Gasteiger partial charge in [0.15, 0.2) is 0 Å². The van der Waals surface area contributed by atoms with E-state index in [1.165, 1.54) is 38.6 Å². The van der Waals surface area contributed by atoms with Gasteiger partial charge in [-0.3, -0.25) is 9.55 Å². The lowest BCUT2D eigenvalue weighted by atomic mass is 9.66. The summed E-state index contributed by atoms with van der Waals surface area (Å²) in [5, 5.41) is 15.4. The van der Waals surface area contributed by atoms with Crippen molar-refractivity contribution in [1.29, 1.82) is 0 Å². The van der Waals surface area contributed by atoms with Gasteiger partial charge in [-0.05, 0) is 142 Å². The van der Waals surface area contributed by atoms with Gasteiger partial charge < -0.3 is 5.11 Å². The fourth-order valence-electron chi connectivity index (χ4n) is 11.1. The number of para-hydroxylation sites is 1. The molecule has 0 bridgehead atoms. The predicted molar refractivity (Wildman–Crippen MR) is 306 cm³/mol. The molecular weight excluding hydrogens is 875 g/mol. The van der Waals surface area contributed by atoms with Crippen LogP contribution in [0.1, 0.15) is 144 Å². The zero-order valence-corrected chi connectivity index (χ0v) is 45.6. The average Bonchev–Trinajstić information content (AvgIpc) is 3.78. The summed E-state index contributed by atoms with van der Waals surface area (Å²) < 4.78 is 2.35. The van der Waals surface area contributed by atoms with Crippen molar-refractivity contribution in [3.05, 3.63) is 179 Å². The largest absolute Gasteiger partial charge is 0.507 e. The van der Waals surface area contributed by atoms with E-state index in [2.05, 4.69) is 255 Å². The molecule has 0 spiro atoms. The Bertz CT molecular complexity index is 3590. The van der Waals surface area contributed by atoms with E-state index in [0.717, 1.165) is 72.5 Å². The summed E-state index contributed by atoms with van der Waals surface area (Å²) in [6, 6.07) is 51.5. The van der Waals surface area contributed by atoms with E-state index < -0.39 is 0 Å². The van der Waals surface area contributed by atoms with Crippen LogP contribution in [-0.4, -0.2) is 19.6 Å². The Labute approximate surface area is 429 Å². The molecule has 366 valence electrons. The SMILES string of the molecule is CC(C)(C)c1cc(-c2cc(-c3ccccc3)ccn2)cc(-c2cccc3c2nc(-c2cc(C(C)(C)C)cc(C(C)(C)C)c2O)n3-c2ccc(C(C)(C)C)cc2-c2ccc3c4c(cccc24)C(C)(C)C3(C)C)c1. The van der Waals surface area contributed by atoms with Gasteiger partial charge in [0.05, 0.1) is 28.0 Å². The van der Waals surface area contributed by atoms with Crippen molar-refractivity contribution in [2.75, 3.05) is 0 Å². The van der Waals surface area contributed by atoms with Crippen molar-refractivity contribution < 1.29 is 5.11 Å². The molecule has 7 aromatic carbocycles. The Morgan fingerprint density at radius 3 is 1.75 bits per heavy atom. The second-order valence-electron chi connectivity index (χ2n) is 25.8. The summed E-state index contributed by atoms with van der Waals surface area (Å²) in [5.74, 6) is 0.964. The Morgan fingerprint density at radius 1 is 0.458 bits per heavy atom. The lowest BCUT2D eigenvalue weighted by Gasteiger charge is -2.37. The first-order valence-electron chi connectivity index (χ1n) is 26.0. The number of benzene rings is 7. The molecule has 10 rings (SSSR count). The second kappa shape index (κ2) is 16.6. The first-order chi connectivity index (χ1) is 33.7. The summed E-state index contributed by atoms with van der Waals surface area (Å²) in [6.45, 7) is 36.6. The molecule has 0 saturated heterocycles. The summed E-state index contributed by atoms with van der Waals surface area (Å²) in [6.07, 6.45) is 1.92. The lowest BCUT2D eigenvalue weighted by Crippen LogP contribution is -2.35. The summed E-state index contributed by atoms with van der Waals surface area (Å²) in [4.78, 5) is 10.8. The third kappa shape index (κ3) is 8.06. The highest BCUT2D eigenvalue weighted by atomic mass is 16.3. The molecule has 0 fully saturated rings. The third-order valence-electron chi connectivity index (χ3n) is 16.3. The monoisotopic (exact) mass is 948 g/mol. The molecule has 4 nitrogen and oxygen atoms in total. The number of hydrogen-bond donors (Lipinski definition) is 1. The zero-order chi connectivity index (χ0) is 51.7. The maximum absolute atomic E-state index is 12.8. The number of hydrogen-bond acceptors (Lipinski definition) is 3. The van der Waals surface area contributed by atoms with Gasteiger partial charge in [-0.1, -0.05) is 202 Å². The van der Waals surface area contributed by atoms with Crippen LogP contribution < -0.4 is 0 Å². The quantitative estimate of drug-likeness (QED) is 0.181. The standard InChI is InChI=1S/C68H73N3O/c1-63(2,3)45-28-31-57(51(38-45)49-29-30-54-59-50(49)25-20-26-53(59)67(13,14)68(54,15)16)71-58-27-21-24-48(60(58)70-62(71)52-39-47(65(7,8)9)40-55(61(52)72)66(10,11)12)43-34-44(36-46(35-43)64(4,5)6)56-37-42(32-33-69-56)41-22-18-17-19-23-41/h17-40,72H,1-16H3. The highest BCUT2D eigenvalue weighted by molar-refractivity contribution is 6.05. The maximum Gasteiger partial charge on any atom is 0.149 e. The van der Waals surface area contributed by atoms with Crippen LogP contribution in [0.15, 0.2) is 146 Å². The minimum absolute atomic E-state index is 0.0566. The maximum atomic E-state index is 12.8. The molecule has 1 aliphatic rings. The Hall–Kier alpha value is -6.78. The zero-order valence-electron chi connectivity index (χ0n) is 45.6. The van der Waals surface area contributed by atoms with Crippen molar-refractivity contribution in [2.24, 2.45) is 0 Å². The molecule has 0 atom stereocenters. The number of imidazole rings is 1. The van der Waals surface area contributed by atoms with Gasteiger partial charge in [-0.25, -0.2) is 4.98 Å². The van der Waals surface area contributed by atoms with Crippen molar-refractivity contribution in [3.63, 3.8) is 0 Å². The van der Waals surface area contributed by atoms with Crippen LogP contribution in [-0.2, 0) is 32.5 Å². The highest BCUT2D eigenvalue weighted by Crippen LogP contribution is 2.56. The molecule has 0 amide bonds. The van der Waals surface area contributed by atoms with Crippen LogP contribution >= 0.6 is 0 Å². The molecule has 0 unspecified atom stereocenters. The van der Waals surface area contributed by atoms with E-state index in [1.54, 1.807) is 0 Å². The fourth-order valence-corrected chi connectivity index (χ4v) is 11.1. The average molecular weight is 948 g/mol. The van der Waals surface area contributed by atoms with Gasteiger partial charge in [0, 0.05) is 28.5 Å². The number of aromatic nitrogens is 3. The first kappa shape index (κ1) is 48.8. The molecule has 0 saturated carbocycles. The molecule has 0 aliphatic heterocycles. The first-order valence-corrected chi connectivity index (χ1v) is 26.0. The van der Waals surface area contributed by atoms with E-state index >= 15 is 0 Å². The molecule has 0 radical (unpaired) electrons. The molecule has 1 aliphatic carbocycles. The number of fused-ring (bicyclic) bond motifs is 1.